The molecule has 1 aromatic heterocycles. The van der Waals surface area contributed by atoms with Crippen molar-refractivity contribution in [1.29, 1.82) is 0 Å². The van der Waals surface area contributed by atoms with Crippen molar-refractivity contribution in [3.05, 3.63) is 47.8 Å². The van der Waals surface area contributed by atoms with Crippen molar-refractivity contribution in [2.24, 2.45) is 0 Å². The molecule has 0 radical (unpaired) electrons. The molecule has 0 aliphatic carbocycles. The molecule has 1 aromatic carbocycles. The lowest BCUT2D eigenvalue weighted by molar-refractivity contribution is -0.0355. The van der Waals surface area contributed by atoms with E-state index in [1.54, 1.807) is 0 Å². The highest BCUT2D eigenvalue weighted by Gasteiger charge is 2.33. The highest BCUT2D eigenvalue weighted by Crippen LogP contribution is 2.23. The van der Waals surface area contributed by atoms with Gasteiger partial charge in [-0.25, -0.2) is 9.97 Å². The van der Waals surface area contributed by atoms with E-state index in [1.807, 2.05) is 30.6 Å². The average molecular weight is 383 g/mol. The molecule has 0 bridgehead atoms. The second-order valence-electron chi connectivity index (χ2n) is 8.16. The van der Waals surface area contributed by atoms with Gasteiger partial charge in [0.1, 0.15) is 0 Å². The first-order valence-electron chi connectivity index (χ1n) is 10.3. The third-order valence-corrected chi connectivity index (χ3v) is 6.10. The minimum atomic E-state index is -0.351. The molecule has 6 heteroatoms. The van der Waals surface area contributed by atoms with Gasteiger partial charge >= 0.3 is 0 Å². The van der Waals surface area contributed by atoms with Gasteiger partial charge in [0.15, 0.2) is 5.82 Å². The van der Waals surface area contributed by atoms with E-state index in [0.717, 1.165) is 62.4 Å². The van der Waals surface area contributed by atoms with Crippen molar-refractivity contribution in [2.75, 3.05) is 26.2 Å². The Bertz CT molecular complexity index is 774. The van der Waals surface area contributed by atoms with E-state index in [1.165, 1.54) is 5.56 Å². The van der Waals surface area contributed by atoms with Crippen LogP contribution >= 0.6 is 0 Å². The Balaban J connectivity index is 1.34. The third-order valence-electron chi connectivity index (χ3n) is 6.10. The largest absolute Gasteiger partial charge is 0.393 e. The maximum absolute atomic E-state index is 10.7. The normalized spacial score (nSPS) is 25.1. The van der Waals surface area contributed by atoms with Crippen LogP contribution in [0.2, 0.25) is 0 Å². The molecule has 2 fully saturated rings. The lowest BCUT2D eigenvalue weighted by Crippen LogP contribution is -2.55. The fraction of sp³-hybridized carbons (Fsp3) is 0.545. The van der Waals surface area contributed by atoms with Crippen LogP contribution in [-0.4, -0.2) is 74.4 Å². The number of nitrogens with zero attached hydrogens (tertiary/aromatic N) is 4. The maximum atomic E-state index is 10.7. The van der Waals surface area contributed by atoms with Crippen molar-refractivity contribution >= 4 is 0 Å². The summed E-state index contributed by atoms with van der Waals surface area (Å²) in [6.45, 7) is 6.23. The van der Waals surface area contributed by atoms with E-state index in [2.05, 4.69) is 32.8 Å². The summed E-state index contributed by atoms with van der Waals surface area (Å²) in [7, 11) is 0. The number of hydrogen-bond acceptors (Lipinski definition) is 6. The molecule has 0 saturated carbocycles. The molecule has 0 spiro atoms. The Hall–Kier alpha value is -1.86. The third kappa shape index (κ3) is 4.41. The summed E-state index contributed by atoms with van der Waals surface area (Å²) in [5, 5.41) is 20.4. The molecule has 150 valence electrons. The van der Waals surface area contributed by atoms with E-state index in [9.17, 15) is 10.2 Å². The number of rotatable bonds is 4. The number of hydrogen-bond donors (Lipinski definition) is 2. The highest BCUT2D eigenvalue weighted by molar-refractivity contribution is 5.59. The quantitative estimate of drug-likeness (QED) is 0.841. The summed E-state index contributed by atoms with van der Waals surface area (Å²) in [5.41, 5.74) is 3.31. The molecule has 2 aromatic rings. The minimum Gasteiger partial charge on any atom is -0.393 e. The van der Waals surface area contributed by atoms with Crippen LogP contribution < -0.4 is 0 Å². The summed E-state index contributed by atoms with van der Waals surface area (Å²) in [4.78, 5) is 13.8. The molecule has 6 nitrogen and oxygen atoms in total. The van der Waals surface area contributed by atoms with Crippen molar-refractivity contribution < 1.29 is 10.2 Å². The van der Waals surface area contributed by atoms with Crippen LogP contribution in [0, 0.1) is 6.92 Å². The number of aryl methyl sites for hydroxylation is 1. The van der Waals surface area contributed by atoms with Gasteiger partial charge in [0.05, 0.1) is 12.2 Å². The SMILES string of the molecule is Cc1ccccc1-c1ncc(CN2CC[C@@H](N3CCC(O)CC3)[C@H](O)C2)cn1. The van der Waals surface area contributed by atoms with Crippen LogP contribution in [0.5, 0.6) is 0 Å². The molecule has 2 aliphatic rings. The number of aromatic nitrogens is 2. The summed E-state index contributed by atoms with van der Waals surface area (Å²) >= 11 is 0. The summed E-state index contributed by atoms with van der Waals surface area (Å²) in [5.74, 6) is 0.757. The van der Waals surface area contributed by atoms with Gasteiger partial charge in [0.2, 0.25) is 0 Å². The van der Waals surface area contributed by atoms with Crippen molar-refractivity contribution in [1.82, 2.24) is 19.8 Å². The molecule has 2 atom stereocenters. The molecular weight excluding hydrogens is 352 g/mol. The van der Waals surface area contributed by atoms with E-state index < -0.39 is 0 Å². The van der Waals surface area contributed by atoms with Crippen LogP contribution in [-0.2, 0) is 6.54 Å². The van der Waals surface area contributed by atoms with Gasteiger partial charge in [-0.3, -0.25) is 9.80 Å². The van der Waals surface area contributed by atoms with Gasteiger partial charge in [0.25, 0.3) is 0 Å². The first-order valence-corrected chi connectivity index (χ1v) is 10.3. The van der Waals surface area contributed by atoms with Crippen LogP contribution in [0.25, 0.3) is 11.4 Å². The Morgan fingerprint density at radius 1 is 1.00 bits per heavy atom. The second kappa shape index (κ2) is 8.66. The summed E-state index contributed by atoms with van der Waals surface area (Å²) < 4.78 is 0. The zero-order valence-electron chi connectivity index (χ0n) is 16.5. The van der Waals surface area contributed by atoms with Crippen molar-refractivity contribution in [2.45, 2.75) is 51.0 Å². The predicted octanol–water partition coefficient (Wildman–Crippen LogP) is 1.84. The van der Waals surface area contributed by atoms with Gasteiger partial charge < -0.3 is 10.2 Å². The zero-order chi connectivity index (χ0) is 19.5. The topological polar surface area (TPSA) is 72.7 Å². The van der Waals surface area contributed by atoms with Crippen molar-refractivity contribution in [3.63, 3.8) is 0 Å². The summed E-state index contributed by atoms with van der Waals surface area (Å²) in [6.07, 6.45) is 5.87. The molecule has 0 unspecified atom stereocenters. The van der Waals surface area contributed by atoms with E-state index in [0.29, 0.717) is 6.54 Å². The summed E-state index contributed by atoms with van der Waals surface area (Å²) in [6, 6.07) is 8.36. The Morgan fingerprint density at radius 2 is 1.71 bits per heavy atom. The van der Waals surface area contributed by atoms with Crippen LogP contribution in [0.3, 0.4) is 0 Å². The fourth-order valence-corrected chi connectivity index (χ4v) is 4.43. The molecule has 2 saturated heterocycles. The molecule has 0 amide bonds. The number of benzene rings is 1. The minimum absolute atomic E-state index is 0.170. The number of piperidine rings is 2. The number of likely N-dealkylation sites (tertiary alicyclic amines) is 2. The van der Waals surface area contributed by atoms with Gasteiger partial charge in [0, 0.05) is 62.3 Å². The van der Waals surface area contributed by atoms with Crippen LogP contribution in [0.4, 0.5) is 0 Å². The second-order valence-corrected chi connectivity index (χ2v) is 8.16. The molecule has 2 N–H and O–H groups in total. The average Bonchev–Trinajstić information content (AvgIpc) is 2.70. The molecular formula is C22H30N4O2. The maximum Gasteiger partial charge on any atom is 0.159 e. The van der Waals surface area contributed by atoms with Crippen LogP contribution in [0.1, 0.15) is 30.4 Å². The first-order chi connectivity index (χ1) is 13.6. The molecule has 2 aliphatic heterocycles. The number of β-amino-alcohol motifs (C(OH)–C–C–N with tert-alkyl or cyclic N) is 1. The Labute approximate surface area is 166 Å². The number of aliphatic hydroxyl groups is 2. The molecule has 4 rings (SSSR count). The lowest BCUT2D eigenvalue weighted by atomic mass is 9.96. The van der Waals surface area contributed by atoms with E-state index in [4.69, 9.17) is 0 Å². The van der Waals surface area contributed by atoms with Gasteiger partial charge in [-0.05, 0) is 31.7 Å². The molecule has 3 heterocycles. The molecule has 28 heavy (non-hydrogen) atoms. The Kier molecular flexibility index (Phi) is 6.01. The monoisotopic (exact) mass is 382 g/mol. The van der Waals surface area contributed by atoms with Crippen LogP contribution in [0.15, 0.2) is 36.7 Å². The van der Waals surface area contributed by atoms with Crippen molar-refractivity contribution in [3.8, 4) is 11.4 Å². The van der Waals surface area contributed by atoms with E-state index in [-0.39, 0.29) is 18.2 Å². The smallest absolute Gasteiger partial charge is 0.159 e. The lowest BCUT2D eigenvalue weighted by Gasteiger charge is -2.43. The Morgan fingerprint density at radius 3 is 2.39 bits per heavy atom. The fourth-order valence-electron chi connectivity index (χ4n) is 4.43. The van der Waals surface area contributed by atoms with Gasteiger partial charge in [-0.1, -0.05) is 24.3 Å². The standard InChI is InChI=1S/C22H30N4O2/c1-16-4-2-3-5-19(16)22-23-12-17(13-24-22)14-25-9-8-20(21(28)15-25)26-10-6-18(27)7-11-26/h2-5,12-13,18,20-21,27-28H,6-11,14-15H2,1H3/t20-,21-/m1/s1. The van der Waals surface area contributed by atoms with Gasteiger partial charge in [-0.15, -0.1) is 0 Å². The van der Waals surface area contributed by atoms with Gasteiger partial charge in [-0.2, -0.15) is 0 Å². The zero-order valence-corrected chi connectivity index (χ0v) is 16.5. The highest BCUT2D eigenvalue weighted by atomic mass is 16.3. The number of aliphatic hydroxyl groups excluding tert-OH is 2. The first kappa shape index (κ1) is 19.5. The predicted molar refractivity (Wildman–Crippen MR) is 109 cm³/mol. The van der Waals surface area contributed by atoms with E-state index >= 15 is 0 Å².